The van der Waals surface area contributed by atoms with Gasteiger partial charge in [-0.15, -0.1) is 15.3 Å². The Morgan fingerprint density at radius 1 is 0.603 bits per heavy atom. The molecule has 0 atom stereocenters. The molecule has 0 heterocycles. The third-order valence-corrected chi connectivity index (χ3v) is 13.5. The van der Waals surface area contributed by atoms with Gasteiger partial charge >= 0.3 is 48.9 Å². The van der Waals surface area contributed by atoms with Crippen LogP contribution in [0.1, 0.15) is 27.0 Å². The van der Waals surface area contributed by atoms with E-state index in [0.717, 1.165) is 12.1 Å². The van der Waals surface area contributed by atoms with Crippen molar-refractivity contribution in [3.8, 4) is 23.0 Å². The van der Waals surface area contributed by atoms with E-state index in [9.17, 15) is 46.1 Å². The number of benzene rings is 8. The van der Waals surface area contributed by atoms with Crippen molar-refractivity contribution in [3.05, 3.63) is 166 Å². The number of phenolic OH excluding ortho intramolecular Hbond substituents is 1. The minimum atomic E-state index is -4.61. The molecule has 0 radical (unpaired) electrons. The van der Waals surface area contributed by atoms with E-state index in [0.29, 0.717) is 49.9 Å². The van der Waals surface area contributed by atoms with Gasteiger partial charge in [-0.1, -0.05) is 114 Å². The number of anilines is 1. The van der Waals surface area contributed by atoms with Gasteiger partial charge in [0.1, 0.15) is 44.0 Å². The molecule has 0 fully saturated rings. The van der Waals surface area contributed by atoms with E-state index in [-0.39, 0.29) is 98.5 Å². The zero-order chi connectivity index (χ0) is 52.1. The number of hydrogen-bond donors (Lipinski definition) is 4. The smallest absolute Gasteiger partial charge is 0.871 e. The number of aliphatic imine (C=N–C) groups is 1. The summed E-state index contributed by atoms with van der Waals surface area (Å²) in [4.78, 5) is 16.1. The van der Waals surface area contributed by atoms with E-state index < -0.39 is 53.3 Å². The number of azo groups is 2. The number of rotatable bonds is 12. The fraction of sp³-hybridized carbons (Fsp3) is 0.0800. The second-order valence-electron chi connectivity index (χ2n) is 15.3. The topological polar surface area (TPSA) is 284 Å². The summed E-state index contributed by atoms with van der Waals surface area (Å²) in [7, 11) is -6.30. The second-order valence-corrected chi connectivity index (χ2v) is 18.9. The molecular weight excluding hydrogens is 1150 g/mol. The zero-order valence-corrected chi connectivity index (χ0v) is 46.3. The maximum atomic E-state index is 13.4. The molecule has 18 nitrogen and oxygen atoms in total. The van der Waals surface area contributed by atoms with Gasteiger partial charge in [-0.2, -0.15) is 21.9 Å². The van der Waals surface area contributed by atoms with Crippen LogP contribution in [-0.2, 0) is 20.2 Å². The Balaban J connectivity index is 0.000000235. The first-order chi connectivity index (χ1) is 34.2. The van der Waals surface area contributed by atoms with Crippen LogP contribution < -0.4 is 25.0 Å². The van der Waals surface area contributed by atoms with Crippen molar-refractivity contribution in [2.75, 3.05) is 19.5 Å². The summed E-state index contributed by atoms with van der Waals surface area (Å²) < 4.78 is 75.9. The van der Waals surface area contributed by atoms with E-state index in [4.69, 9.17) is 32.7 Å². The number of nitrogens with one attached hydrogen (secondary N) is 1. The average Bonchev–Trinajstić information content (AvgIpc) is 3.34. The molecule has 8 aromatic carbocycles. The normalized spacial score (nSPS) is 11.9. The number of fused-ring (bicyclic) bond motifs is 2. The number of amides is 1. The van der Waals surface area contributed by atoms with E-state index >= 15 is 0 Å². The zero-order valence-electron chi connectivity index (χ0n) is 38.7. The largest absolute Gasteiger partial charge is 2.00 e. The number of carbonyl (C=O) groups excluding carboxylic acids is 1. The van der Waals surface area contributed by atoms with E-state index in [1.165, 1.54) is 38.5 Å². The molecule has 0 aliphatic heterocycles. The van der Waals surface area contributed by atoms with Crippen molar-refractivity contribution < 1.29 is 55.5 Å². The molecular formula is C50H38BaCl2N6O12S2. The molecule has 0 unspecified atom stereocenters. The molecule has 0 aliphatic rings. The predicted octanol–water partition coefficient (Wildman–Crippen LogP) is 11.0. The van der Waals surface area contributed by atoms with Gasteiger partial charge in [-0.3, -0.25) is 18.9 Å². The molecule has 0 aromatic heterocycles. The number of carbonyl (C=O) groups is 1. The third-order valence-electron chi connectivity index (χ3n) is 10.7. The first-order valence-electron chi connectivity index (χ1n) is 20.9. The van der Waals surface area contributed by atoms with E-state index in [1.54, 1.807) is 111 Å². The molecule has 0 aliphatic carbocycles. The third kappa shape index (κ3) is 12.5. The number of methoxy groups -OCH3 is 2. The predicted molar refractivity (Wildman–Crippen MR) is 275 cm³/mol. The molecule has 23 heteroatoms. The number of phenols is 1. The number of nitrogens with zero attached hydrogens (tertiary/aromatic N) is 5. The fourth-order valence-corrected chi connectivity index (χ4v) is 9.33. The molecule has 0 spiro atoms. The van der Waals surface area contributed by atoms with Crippen molar-refractivity contribution in [2.24, 2.45) is 25.4 Å². The summed E-state index contributed by atoms with van der Waals surface area (Å²) in [5, 5.41) is 57.8. The van der Waals surface area contributed by atoms with Gasteiger partial charge in [-0.05, 0) is 95.7 Å². The van der Waals surface area contributed by atoms with Gasteiger partial charge in [-0.25, -0.2) is 0 Å². The summed E-state index contributed by atoms with van der Waals surface area (Å²) in [6.07, 6.45) is 0. The number of aryl methyl sites for hydroxylation is 2. The molecule has 0 bridgehead atoms. The summed E-state index contributed by atoms with van der Waals surface area (Å²) in [6.45, 7) is 3.24. The molecule has 0 saturated heterocycles. The van der Waals surface area contributed by atoms with Gasteiger partial charge < -0.3 is 30.1 Å². The van der Waals surface area contributed by atoms with E-state index in [1.807, 2.05) is 0 Å². The monoisotopic (exact) mass is 1190 g/mol. The fourth-order valence-electron chi connectivity index (χ4n) is 7.12. The molecule has 8 aromatic rings. The molecule has 8 rings (SSSR count). The summed E-state index contributed by atoms with van der Waals surface area (Å²) in [5.74, 6) is -1.76. The summed E-state index contributed by atoms with van der Waals surface area (Å²) in [6, 6.07) is 35.2. The van der Waals surface area contributed by atoms with Crippen LogP contribution in [0.25, 0.3) is 21.5 Å². The quantitative estimate of drug-likeness (QED) is 0.0292. The molecule has 73 heavy (non-hydrogen) atoms. The maximum Gasteiger partial charge on any atom is 2.00 e. The van der Waals surface area contributed by atoms with Gasteiger partial charge in [0.2, 0.25) is 0 Å². The molecule has 4 N–H and O–H groups in total. The minimum Gasteiger partial charge on any atom is -0.871 e. The van der Waals surface area contributed by atoms with Gasteiger partial charge in [0.25, 0.3) is 26.1 Å². The first kappa shape index (κ1) is 55.9. The SMILES string of the molecule is COc1ccccc1N=C([O-])c1cc2ccccc2c(N=Nc2c(C)ccc(S(=O)(=O)O)c2Cl)c1[O-].COc1ccccc1NC(=O)c1cc2ccccc2c(N=Nc2c(C)ccc(S(=O)(=O)O)c2Cl)c1O.[Ba+2]. The number of aromatic hydroxyl groups is 1. The Hall–Kier alpha value is -6.41. The van der Waals surface area contributed by atoms with Crippen LogP contribution in [0.3, 0.4) is 0 Å². The number of para-hydroxylation sites is 4. The van der Waals surface area contributed by atoms with Crippen LogP contribution in [0.15, 0.2) is 169 Å². The van der Waals surface area contributed by atoms with Crippen molar-refractivity contribution in [3.63, 3.8) is 0 Å². The Morgan fingerprint density at radius 2 is 1.04 bits per heavy atom. The maximum absolute atomic E-state index is 13.4. The van der Waals surface area contributed by atoms with Crippen LogP contribution in [0, 0.1) is 13.8 Å². The molecule has 1 amide bonds. The molecule has 368 valence electrons. The second kappa shape index (κ2) is 23.6. The van der Waals surface area contributed by atoms with E-state index in [2.05, 4.69) is 30.8 Å². The Morgan fingerprint density at radius 3 is 1.58 bits per heavy atom. The van der Waals surface area contributed by atoms with Crippen LogP contribution in [-0.4, -0.2) is 106 Å². The van der Waals surface area contributed by atoms with Crippen molar-refractivity contribution in [2.45, 2.75) is 23.6 Å². The number of halogens is 2. The van der Waals surface area contributed by atoms with Crippen LogP contribution in [0.2, 0.25) is 10.0 Å². The van der Waals surface area contributed by atoms with Crippen LogP contribution in [0.5, 0.6) is 23.0 Å². The van der Waals surface area contributed by atoms with Gasteiger partial charge in [0.15, 0.2) is 5.75 Å². The standard InChI is InChI=1S/2C25H20ClN3O6S.Ba/c2*1-14-11-12-20(36(32,33)34)21(26)22(14)28-29-23-16-8-4-3-7-15(16)13-17(24(23)30)25(31)27-18-9-5-6-10-19(18)35-2;/h2*3-13,30H,1-2H3,(H,27,31)(H,32,33,34);/q;;+2/p-2. The van der Waals surface area contributed by atoms with Crippen LogP contribution in [0.4, 0.5) is 34.1 Å². The van der Waals surface area contributed by atoms with Gasteiger partial charge in [0.05, 0.1) is 41.2 Å². The Kier molecular flexibility index (Phi) is 18.1. The van der Waals surface area contributed by atoms with Crippen molar-refractivity contribution in [1.29, 1.82) is 0 Å². The minimum absolute atomic E-state index is 0. The summed E-state index contributed by atoms with van der Waals surface area (Å²) >= 11 is 12.4. The van der Waals surface area contributed by atoms with Gasteiger partial charge in [0, 0.05) is 10.8 Å². The Bertz CT molecular complexity index is 3790. The van der Waals surface area contributed by atoms with Crippen molar-refractivity contribution in [1.82, 2.24) is 0 Å². The Labute approximate surface area is 468 Å². The average molecular weight is 1190 g/mol. The molecule has 0 saturated carbocycles. The van der Waals surface area contributed by atoms with Crippen LogP contribution >= 0.6 is 23.2 Å². The van der Waals surface area contributed by atoms with Crippen molar-refractivity contribution >= 4 is 160 Å². The first-order valence-corrected chi connectivity index (χ1v) is 24.5. The summed E-state index contributed by atoms with van der Waals surface area (Å²) in [5.41, 5.74) is 1.05. The number of hydrogen-bond acceptors (Lipinski definition) is 15. The number of ether oxygens (including phenoxy) is 2.